The van der Waals surface area contributed by atoms with Crippen molar-refractivity contribution < 1.29 is 22.0 Å². The van der Waals surface area contributed by atoms with Gasteiger partial charge in [-0.3, -0.25) is 4.79 Å². The third-order valence-electron chi connectivity index (χ3n) is 9.85. The third-order valence-corrected chi connectivity index (χ3v) is 10.9. The lowest BCUT2D eigenvalue weighted by atomic mass is 9.97. The minimum atomic E-state index is -4.25. The zero-order valence-electron chi connectivity index (χ0n) is 24.4. The normalized spacial score (nSPS) is 23.8. The van der Waals surface area contributed by atoms with Crippen LogP contribution in [0.1, 0.15) is 73.3 Å². The van der Waals surface area contributed by atoms with E-state index in [0.29, 0.717) is 35.2 Å². The molecule has 4 aromatic rings. The van der Waals surface area contributed by atoms with Crippen molar-refractivity contribution in [3.05, 3.63) is 47.8 Å². The molecule has 0 spiro atoms. The molecule has 0 radical (unpaired) electrons. The Morgan fingerprint density at radius 3 is 2.52 bits per heavy atom. The van der Waals surface area contributed by atoms with Crippen LogP contribution in [0.5, 0.6) is 0 Å². The summed E-state index contributed by atoms with van der Waals surface area (Å²) < 4.78 is 56.3. The van der Waals surface area contributed by atoms with Crippen molar-refractivity contribution in [1.82, 2.24) is 23.8 Å². The second kappa shape index (κ2) is 9.96. The maximum absolute atomic E-state index is 13.9. The molecule has 2 aliphatic heterocycles. The number of piperidine rings is 1. The van der Waals surface area contributed by atoms with Gasteiger partial charge in [0, 0.05) is 47.7 Å². The molecular weight excluding hydrogens is 588 g/mol. The number of anilines is 1. The van der Waals surface area contributed by atoms with Gasteiger partial charge in [-0.25, -0.2) is 18.4 Å². The van der Waals surface area contributed by atoms with Crippen LogP contribution in [0.15, 0.2) is 36.5 Å². The first-order valence-corrected chi connectivity index (χ1v) is 17.3. The second-order valence-electron chi connectivity index (χ2n) is 13.0. The summed E-state index contributed by atoms with van der Waals surface area (Å²) in [7, 11) is -4.25. The summed E-state index contributed by atoms with van der Waals surface area (Å²) in [5.74, 6) is 0.422. The van der Waals surface area contributed by atoms with Gasteiger partial charge in [-0.05, 0) is 87.6 Å². The summed E-state index contributed by atoms with van der Waals surface area (Å²) in [5, 5.41) is 0.721. The molecule has 13 heteroatoms. The highest BCUT2D eigenvalue weighted by atomic mass is 32.2. The summed E-state index contributed by atoms with van der Waals surface area (Å²) in [6.45, 7) is -2.63. The van der Waals surface area contributed by atoms with Crippen molar-refractivity contribution in [2.45, 2.75) is 88.5 Å². The molecule has 44 heavy (non-hydrogen) atoms. The molecule has 1 amide bonds. The highest BCUT2D eigenvalue weighted by Gasteiger charge is 2.44. The Morgan fingerprint density at radius 1 is 1.05 bits per heavy atom. The lowest BCUT2D eigenvalue weighted by molar-refractivity contribution is 0.0562. The second-order valence-corrected chi connectivity index (χ2v) is 14.9. The number of nitrogens with two attached hydrogens (primary N) is 1. The number of carbonyl (C=O) groups excluding carboxylic acids is 1. The van der Waals surface area contributed by atoms with E-state index in [0.717, 1.165) is 80.1 Å². The summed E-state index contributed by atoms with van der Waals surface area (Å²) in [6, 6.07) is 9.00. The number of aromatic nitrogens is 4. The lowest BCUT2D eigenvalue weighted by Gasteiger charge is -2.38. The highest BCUT2D eigenvalue weighted by molar-refractivity contribution is 7.92. The SMILES string of the molecule is CS(=O)(=O)N(c1ccc2cc(-c3nc4cc(C(=O)N5[C@@H]6CC[C@@H](N)[C@H]5CC6)ccn4c3C3CC3)n(CC3CC3)c2n1)C(F)F. The van der Waals surface area contributed by atoms with E-state index >= 15 is 0 Å². The number of nitrogens with zero attached hydrogens (tertiary/aromatic N) is 6. The Labute approximate surface area is 253 Å². The number of carbonyl (C=O) groups is 1. The van der Waals surface area contributed by atoms with Crippen LogP contribution in [-0.2, 0) is 16.6 Å². The van der Waals surface area contributed by atoms with E-state index in [2.05, 4.69) is 9.38 Å². The van der Waals surface area contributed by atoms with Crippen LogP contribution in [0.3, 0.4) is 0 Å². The summed E-state index contributed by atoms with van der Waals surface area (Å²) in [6.07, 6.45) is 10.7. The Hall–Kier alpha value is -3.58. The standard InChI is InChI=1S/C31H35F2N7O3S/c1-44(42,43)40(31(32)33)25-11-6-19-14-24(38(29(19)36-25)16-17-2-3-17)27-28(18-4-5-18)37-13-12-20(15-26(37)35-27)30(41)39-21-7-9-22(34)23(39)10-8-21/h6,11-15,17-18,21-23,31H,2-5,7-10,16,34H2,1H3/t21-,22-,23-/m1/s1. The molecular formula is C31H35F2N7O3S. The molecule has 4 aliphatic rings. The number of sulfonamides is 1. The van der Waals surface area contributed by atoms with Crippen molar-refractivity contribution in [3.8, 4) is 11.4 Å². The van der Waals surface area contributed by atoms with Gasteiger partial charge in [-0.15, -0.1) is 0 Å². The van der Waals surface area contributed by atoms with Gasteiger partial charge in [-0.1, -0.05) is 0 Å². The fourth-order valence-corrected chi connectivity index (χ4v) is 8.12. The number of rotatable bonds is 8. The molecule has 2 saturated heterocycles. The summed E-state index contributed by atoms with van der Waals surface area (Å²) in [4.78, 5) is 25.4. The minimum absolute atomic E-state index is 0.00158. The zero-order valence-corrected chi connectivity index (χ0v) is 25.3. The number of fused-ring (bicyclic) bond motifs is 4. The van der Waals surface area contributed by atoms with Crippen molar-refractivity contribution in [1.29, 1.82) is 0 Å². The van der Waals surface area contributed by atoms with E-state index in [1.54, 1.807) is 6.07 Å². The zero-order chi connectivity index (χ0) is 30.5. The van der Waals surface area contributed by atoms with Crippen molar-refractivity contribution in [3.63, 3.8) is 0 Å². The van der Waals surface area contributed by atoms with Gasteiger partial charge in [0.2, 0.25) is 10.0 Å². The smallest absolute Gasteiger partial charge is 0.329 e. The van der Waals surface area contributed by atoms with Gasteiger partial charge in [-0.2, -0.15) is 13.1 Å². The number of hydrogen-bond acceptors (Lipinski definition) is 6. The Balaban J connectivity index is 1.25. The maximum atomic E-state index is 13.9. The van der Waals surface area contributed by atoms with Gasteiger partial charge in [0.15, 0.2) is 0 Å². The van der Waals surface area contributed by atoms with Gasteiger partial charge in [0.25, 0.3) is 5.91 Å². The van der Waals surface area contributed by atoms with Crippen LogP contribution in [0.2, 0.25) is 0 Å². The molecule has 2 N–H and O–H groups in total. The van der Waals surface area contributed by atoms with E-state index < -0.39 is 16.6 Å². The molecule has 4 aromatic heterocycles. The van der Waals surface area contributed by atoms with E-state index in [9.17, 15) is 22.0 Å². The molecule has 0 aromatic carbocycles. The van der Waals surface area contributed by atoms with Crippen LogP contribution in [-0.4, -0.2) is 69.1 Å². The fraction of sp³-hybridized carbons (Fsp3) is 0.516. The predicted octanol–water partition coefficient (Wildman–Crippen LogP) is 4.72. The van der Waals surface area contributed by atoms with Gasteiger partial charge < -0.3 is 19.6 Å². The molecule has 3 atom stereocenters. The quantitative estimate of drug-likeness (QED) is 0.284. The Morgan fingerprint density at radius 2 is 1.82 bits per heavy atom. The van der Waals surface area contributed by atoms with Crippen molar-refractivity contribution in [2.75, 3.05) is 10.6 Å². The topological polar surface area (TPSA) is 119 Å². The van der Waals surface area contributed by atoms with Gasteiger partial charge in [0.05, 0.1) is 17.6 Å². The fourth-order valence-electron chi connectivity index (χ4n) is 7.38. The number of imidazole rings is 1. The van der Waals surface area contributed by atoms with Crippen LogP contribution in [0.4, 0.5) is 14.6 Å². The summed E-state index contributed by atoms with van der Waals surface area (Å²) in [5.41, 5.74) is 10.8. The molecule has 2 aliphatic carbocycles. The molecule has 232 valence electrons. The van der Waals surface area contributed by atoms with Crippen LogP contribution in [0, 0.1) is 5.92 Å². The third kappa shape index (κ3) is 4.58. The molecule has 8 rings (SSSR count). The Bertz CT molecular complexity index is 1910. The number of pyridine rings is 2. The van der Waals surface area contributed by atoms with E-state index in [1.165, 1.54) is 6.07 Å². The molecule has 2 saturated carbocycles. The number of hydrogen-bond donors (Lipinski definition) is 1. The van der Waals surface area contributed by atoms with Gasteiger partial charge >= 0.3 is 6.55 Å². The molecule has 4 fully saturated rings. The maximum Gasteiger partial charge on any atom is 0.329 e. The number of halogens is 2. The molecule has 10 nitrogen and oxygen atoms in total. The molecule has 2 bridgehead atoms. The minimum Gasteiger partial charge on any atom is -0.331 e. The summed E-state index contributed by atoms with van der Waals surface area (Å²) >= 11 is 0. The predicted molar refractivity (Wildman–Crippen MR) is 162 cm³/mol. The number of alkyl halides is 2. The van der Waals surface area contributed by atoms with E-state index in [4.69, 9.17) is 10.7 Å². The van der Waals surface area contributed by atoms with E-state index in [1.807, 2.05) is 33.9 Å². The molecule has 0 unspecified atom stereocenters. The monoisotopic (exact) mass is 623 g/mol. The average molecular weight is 624 g/mol. The average Bonchev–Trinajstić information content (AvgIpc) is 3.89. The first kappa shape index (κ1) is 27.9. The van der Waals surface area contributed by atoms with Crippen LogP contribution in [0.25, 0.3) is 28.1 Å². The lowest BCUT2D eigenvalue weighted by Crippen LogP contribution is -2.53. The van der Waals surface area contributed by atoms with Crippen molar-refractivity contribution in [2.24, 2.45) is 11.7 Å². The largest absolute Gasteiger partial charge is 0.331 e. The highest BCUT2D eigenvalue weighted by Crippen LogP contribution is 2.46. The van der Waals surface area contributed by atoms with Gasteiger partial charge in [0.1, 0.15) is 22.8 Å². The van der Waals surface area contributed by atoms with Crippen molar-refractivity contribution >= 4 is 38.4 Å². The number of amides is 1. The Kier molecular flexibility index (Phi) is 6.33. The van der Waals surface area contributed by atoms with Crippen LogP contribution >= 0.6 is 0 Å². The molecule has 6 heterocycles. The first-order valence-electron chi connectivity index (χ1n) is 15.5. The van der Waals surface area contributed by atoms with E-state index in [-0.39, 0.29) is 34.2 Å². The first-order chi connectivity index (χ1) is 21.1. The van der Waals surface area contributed by atoms with Crippen LogP contribution < -0.4 is 10.0 Å².